The van der Waals surface area contributed by atoms with Crippen LogP contribution in [0, 0.1) is 6.92 Å². The molecular weight excluding hydrogens is 408 g/mol. The summed E-state index contributed by atoms with van der Waals surface area (Å²) in [4.78, 5) is 24.8. The molecule has 154 valence electrons. The lowest BCUT2D eigenvalue weighted by Crippen LogP contribution is -2.31. The van der Waals surface area contributed by atoms with Crippen molar-refractivity contribution >= 4 is 17.6 Å². The molecule has 4 rings (SSSR count). The molecule has 0 unspecified atom stereocenters. The Morgan fingerprint density at radius 3 is 2.57 bits per heavy atom. The van der Waals surface area contributed by atoms with E-state index in [9.17, 15) is 9.59 Å². The molecule has 0 fully saturated rings. The molecule has 0 N–H and O–H groups in total. The zero-order valence-corrected chi connectivity index (χ0v) is 17.1. The van der Waals surface area contributed by atoms with E-state index in [1.807, 2.05) is 18.2 Å². The molecule has 3 aromatic rings. The SMILES string of the molecule is COC(=O)[C@@H]1Oc2cc(C)oc(=O)c2[C@H]1c1ccc(OCc2ccccc2Cl)cc1. The van der Waals surface area contributed by atoms with Crippen LogP contribution in [0.3, 0.4) is 0 Å². The highest BCUT2D eigenvalue weighted by atomic mass is 35.5. The van der Waals surface area contributed by atoms with Crippen LogP contribution in [-0.4, -0.2) is 19.2 Å². The van der Waals surface area contributed by atoms with Gasteiger partial charge in [-0.15, -0.1) is 0 Å². The molecule has 2 aromatic carbocycles. The number of esters is 1. The van der Waals surface area contributed by atoms with Crippen molar-refractivity contribution in [2.24, 2.45) is 0 Å². The smallest absolute Gasteiger partial charge is 0.348 e. The van der Waals surface area contributed by atoms with E-state index < -0.39 is 23.6 Å². The van der Waals surface area contributed by atoms with Crippen LogP contribution in [0.4, 0.5) is 0 Å². The van der Waals surface area contributed by atoms with E-state index in [1.165, 1.54) is 7.11 Å². The number of fused-ring (bicyclic) bond motifs is 1. The van der Waals surface area contributed by atoms with Crippen LogP contribution in [0.2, 0.25) is 5.02 Å². The van der Waals surface area contributed by atoms with Gasteiger partial charge < -0.3 is 18.6 Å². The van der Waals surface area contributed by atoms with Gasteiger partial charge in [0.15, 0.2) is 0 Å². The largest absolute Gasteiger partial charge is 0.489 e. The lowest BCUT2D eigenvalue weighted by molar-refractivity contribution is -0.148. The average molecular weight is 427 g/mol. The molecule has 0 spiro atoms. The summed E-state index contributed by atoms with van der Waals surface area (Å²) in [7, 11) is 1.28. The molecular formula is C23H19ClO6. The van der Waals surface area contributed by atoms with E-state index in [4.69, 9.17) is 30.2 Å². The molecule has 0 bridgehead atoms. The van der Waals surface area contributed by atoms with Crippen LogP contribution >= 0.6 is 11.6 Å². The number of methoxy groups -OCH3 is 1. The van der Waals surface area contributed by atoms with Crippen LogP contribution in [0.1, 0.15) is 28.4 Å². The van der Waals surface area contributed by atoms with Crippen molar-refractivity contribution in [3.63, 3.8) is 0 Å². The second-order valence-corrected chi connectivity index (χ2v) is 7.32. The fourth-order valence-electron chi connectivity index (χ4n) is 3.52. The lowest BCUT2D eigenvalue weighted by Gasteiger charge is -2.17. The number of rotatable bonds is 5. The molecule has 0 amide bonds. The average Bonchev–Trinajstić information content (AvgIpc) is 3.12. The Bertz CT molecular complexity index is 1140. The fraction of sp³-hybridized carbons (Fsp3) is 0.217. The first-order valence-corrected chi connectivity index (χ1v) is 9.71. The Morgan fingerprint density at radius 1 is 1.13 bits per heavy atom. The van der Waals surface area contributed by atoms with Gasteiger partial charge in [-0.05, 0) is 30.7 Å². The summed E-state index contributed by atoms with van der Waals surface area (Å²) < 4.78 is 21.7. The molecule has 2 heterocycles. The molecule has 0 saturated carbocycles. The third kappa shape index (κ3) is 3.78. The van der Waals surface area contributed by atoms with Gasteiger partial charge in [-0.25, -0.2) is 9.59 Å². The van der Waals surface area contributed by atoms with Crippen LogP contribution < -0.4 is 15.1 Å². The van der Waals surface area contributed by atoms with E-state index >= 15 is 0 Å². The predicted octanol–water partition coefficient (Wildman–Crippen LogP) is 4.25. The second-order valence-electron chi connectivity index (χ2n) is 6.91. The van der Waals surface area contributed by atoms with Gasteiger partial charge in [-0.3, -0.25) is 0 Å². The van der Waals surface area contributed by atoms with E-state index in [-0.39, 0.29) is 0 Å². The summed E-state index contributed by atoms with van der Waals surface area (Å²) in [6, 6.07) is 16.2. The maximum Gasteiger partial charge on any atom is 0.348 e. The second kappa shape index (κ2) is 8.24. The monoisotopic (exact) mass is 426 g/mol. The number of hydrogen-bond acceptors (Lipinski definition) is 6. The highest BCUT2D eigenvalue weighted by molar-refractivity contribution is 6.31. The predicted molar refractivity (Wildman–Crippen MR) is 110 cm³/mol. The van der Waals surface area contributed by atoms with Gasteiger partial charge in [0.1, 0.15) is 23.9 Å². The van der Waals surface area contributed by atoms with Crippen molar-refractivity contribution in [3.05, 3.63) is 92.5 Å². The van der Waals surface area contributed by atoms with E-state index in [0.717, 1.165) is 5.56 Å². The van der Waals surface area contributed by atoms with Crippen molar-refractivity contribution in [1.29, 1.82) is 0 Å². The van der Waals surface area contributed by atoms with Gasteiger partial charge >= 0.3 is 11.6 Å². The van der Waals surface area contributed by atoms with Gasteiger partial charge in [0.25, 0.3) is 0 Å². The number of ether oxygens (including phenoxy) is 3. The van der Waals surface area contributed by atoms with Crippen molar-refractivity contribution in [1.82, 2.24) is 0 Å². The number of benzene rings is 2. The number of halogens is 1. The highest BCUT2D eigenvalue weighted by Gasteiger charge is 2.44. The molecule has 0 radical (unpaired) electrons. The zero-order chi connectivity index (χ0) is 21.3. The van der Waals surface area contributed by atoms with Crippen LogP contribution in [-0.2, 0) is 16.1 Å². The summed E-state index contributed by atoms with van der Waals surface area (Å²) in [6.07, 6.45) is -0.968. The van der Waals surface area contributed by atoms with Crippen LogP contribution in [0.15, 0.2) is 63.8 Å². The van der Waals surface area contributed by atoms with E-state index in [2.05, 4.69) is 0 Å². The molecule has 0 saturated heterocycles. The number of carbonyl (C=O) groups excluding carboxylic acids is 1. The Labute approximate surface area is 178 Å². The number of carbonyl (C=O) groups is 1. The minimum absolute atomic E-state index is 0.306. The van der Waals surface area contributed by atoms with Crippen molar-refractivity contribution in [2.75, 3.05) is 7.11 Å². The summed E-state index contributed by atoms with van der Waals surface area (Å²) in [6.45, 7) is 1.97. The Kier molecular flexibility index (Phi) is 5.50. The molecule has 30 heavy (non-hydrogen) atoms. The number of hydrogen-bond donors (Lipinski definition) is 0. The topological polar surface area (TPSA) is 75.0 Å². The van der Waals surface area contributed by atoms with Crippen LogP contribution in [0.5, 0.6) is 11.5 Å². The van der Waals surface area contributed by atoms with Crippen molar-refractivity contribution in [3.8, 4) is 11.5 Å². The van der Waals surface area contributed by atoms with Crippen molar-refractivity contribution < 1.29 is 23.4 Å². The van der Waals surface area contributed by atoms with Crippen LogP contribution in [0.25, 0.3) is 0 Å². The quantitative estimate of drug-likeness (QED) is 0.568. The molecule has 1 aliphatic rings. The summed E-state index contributed by atoms with van der Waals surface area (Å²) in [5, 5.41) is 0.636. The molecule has 1 aliphatic heterocycles. The Morgan fingerprint density at radius 2 is 1.87 bits per heavy atom. The zero-order valence-electron chi connectivity index (χ0n) is 16.4. The minimum atomic E-state index is -0.968. The molecule has 6 nitrogen and oxygen atoms in total. The molecule has 7 heteroatoms. The number of aryl methyl sites for hydroxylation is 1. The normalized spacial score (nSPS) is 17.2. The van der Waals surface area contributed by atoms with Gasteiger partial charge in [-0.1, -0.05) is 41.9 Å². The first-order chi connectivity index (χ1) is 14.5. The minimum Gasteiger partial charge on any atom is -0.489 e. The van der Waals surface area contributed by atoms with Gasteiger partial charge in [-0.2, -0.15) is 0 Å². The summed E-state index contributed by atoms with van der Waals surface area (Å²) >= 11 is 6.16. The van der Waals surface area contributed by atoms with Gasteiger partial charge in [0, 0.05) is 16.7 Å². The third-order valence-electron chi connectivity index (χ3n) is 4.97. The van der Waals surface area contributed by atoms with E-state index in [0.29, 0.717) is 40.0 Å². The molecule has 0 aliphatic carbocycles. The lowest BCUT2D eigenvalue weighted by atomic mass is 9.89. The maximum atomic E-state index is 12.5. The summed E-state index contributed by atoms with van der Waals surface area (Å²) in [5.74, 6) is 0.173. The van der Waals surface area contributed by atoms with Gasteiger partial charge in [0.2, 0.25) is 6.10 Å². The fourth-order valence-corrected chi connectivity index (χ4v) is 3.71. The Hall–Kier alpha value is -3.25. The Balaban J connectivity index is 1.61. The standard InChI is InChI=1S/C23H19ClO6/c1-13-11-18-20(22(25)29-13)19(21(30-18)23(26)27-2)14-7-9-16(10-8-14)28-12-15-5-3-4-6-17(15)24/h3-11,19,21H,12H2,1-2H3/t19-,21-/m1/s1. The first-order valence-electron chi connectivity index (χ1n) is 9.33. The van der Waals surface area contributed by atoms with Gasteiger partial charge in [0.05, 0.1) is 18.6 Å². The van der Waals surface area contributed by atoms with Crippen molar-refractivity contribution in [2.45, 2.75) is 25.6 Å². The third-order valence-corrected chi connectivity index (χ3v) is 5.33. The highest BCUT2D eigenvalue weighted by Crippen LogP contribution is 2.41. The summed E-state index contributed by atoms with van der Waals surface area (Å²) in [5.41, 5.74) is 1.37. The first kappa shape index (κ1) is 20.0. The van der Waals surface area contributed by atoms with E-state index in [1.54, 1.807) is 43.3 Å². The molecule has 2 atom stereocenters. The maximum absolute atomic E-state index is 12.5. The molecule has 1 aromatic heterocycles.